The van der Waals surface area contributed by atoms with Crippen LogP contribution in [0.2, 0.25) is 0 Å². The molecule has 1 unspecified atom stereocenters. The van der Waals surface area contributed by atoms with E-state index in [0.29, 0.717) is 5.01 Å². The number of amides is 2. The average molecular weight is 466 g/mol. The van der Waals surface area contributed by atoms with Gasteiger partial charge in [-0.05, 0) is 29.2 Å². The molecule has 1 aliphatic rings. The van der Waals surface area contributed by atoms with E-state index in [0.717, 1.165) is 33.6 Å². The number of alkyl carbamates (subject to hydrolysis) is 1. The molecule has 1 atom stereocenters. The summed E-state index contributed by atoms with van der Waals surface area (Å²) in [4.78, 5) is 39.3. The molecule has 4 rings (SSSR count). The summed E-state index contributed by atoms with van der Waals surface area (Å²) in [5, 5.41) is 16.2. The number of aromatic nitrogens is 1. The molecule has 0 radical (unpaired) electrons. The number of carboxylic acids is 1. The summed E-state index contributed by atoms with van der Waals surface area (Å²) in [6, 6.07) is 15.8. The first-order chi connectivity index (χ1) is 15.9. The Balaban J connectivity index is 1.25. The van der Waals surface area contributed by atoms with Gasteiger partial charge in [-0.25, -0.2) is 14.6 Å². The van der Waals surface area contributed by atoms with Gasteiger partial charge in [0.2, 0.25) is 5.91 Å². The molecule has 1 aromatic heterocycles. The molecule has 0 bridgehead atoms. The molecule has 1 aliphatic carbocycles. The van der Waals surface area contributed by atoms with Gasteiger partial charge in [0.25, 0.3) is 0 Å². The van der Waals surface area contributed by atoms with Crippen molar-refractivity contribution in [2.75, 3.05) is 6.61 Å². The lowest BCUT2D eigenvalue weighted by molar-refractivity contribution is -0.121. The summed E-state index contributed by atoms with van der Waals surface area (Å²) in [5.74, 6) is -1.42. The lowest BCUT2D eigenvalue weighted by Gasteiger charge is -2.17. The third kappa shape index (κ3) is 5.20. The smallest absolute Gasteiger partial charge is 0.407 e. The largest absolute Gasteiger partial charge is 0.476 e. The number of rotatable bonds is 8. The molecule has 0 saturated heterocycles. The van der Waals surface area contributed by atoms with E-state index in [1.54, 1.807) is 6.92 Å². The molecule has 3 aromatic rings. The molecule has 1 heterocycles. The van der Waals surface area contributed by atoms with Gasteiger partial charge in [0.15, 0.2) is 5.69 Å². The van der Waals surface area contributed by atoms with Crippen molar-refractivity contribution in [1.29, 1.82) is 0 Å². The van der Waals surface area contributed by atoms with Crippen LogP contribution in [0.3, 0.4) is 0 Å². The van der Waals surface area contributed by atoms with Crippen LogP contribution in [-0.2, 0) is 16.1 Å². The van der Waals surface area contributed by atoms with Gasteiger partial charge in [-0.3, -0.25) is 4.79 Å². The van der Waals surface area contributed by atoms with Gasteiger partial charge < -0.3 is 20.5 Å². The van der Waals surface area contributed by atoms with Crippen LogP contribution in [0, 0.1) is 0 Å². The maximum Gasteiger partial charge on any atom is 0.407 e. The molecule has 0 fully saturated rings. The van der Waals surface area contributed by atoms with Gasteiger partial charge in [-0.15, -0.1) is 11.3 Å². The predicted molar refractivity (Wildman–Crippen MR) is 123 cm³/mol. The fraction of sp³-hybridized carbons (Fsp3) is 0.250. The Bertz CT molecular complexity index is 1150. The van der Waals surface area contributed by atoms with E-state index in [9.17, 15) is 14.4 Å². The Morgan fingerprint density at radius 2 is 1.73 bits per heavy atom. The highest BCUT2D eigenvalue weighted by atomic mass is 32.1. The number of thiazole rings is 1. The van der Waals surface area contributed by atoms with Gasteiger partial charge in [-0.1, -0.05) is 48.5 Å². The van der Waals surface area contributed by atoms with Gasteiger partial charge in [0, 0.05) is 23.8 Å². The Kier molecular flexibility index (Phi) is 6.69. The number of hydrogen-bond donors (Lipinski definition) is 3. The Labute approximate surface area is 194 Å². The fourth-order valence-corrected chi connectivity index (χ4v) is 4.61. The first-order valence-electron chi connectivity index (χ1n) is 10.5. The van der Waals surface area contributed by atoms with E-state index in [1.165, 1.54) is 5.38 Å². The van der Waals surface area contributed by atoms with E-state index < -0.39 is 18.1 Å². The molecule has 0 saturated carbocycles. The average Bonchev–Trinajstić information content (AvgIpc) is 3.39. The molecule has 2 aromatic carbocycles. The molecule has 170 valence electrons. The van der Waals surface area contributed by atoms with Crippen molar-refractivity contribution in [2.45, 2.75) is 31.8 Å². The van der Waals surface area contributed by atoms with Crippen LogP contribution < -0.4 is 10.6 Å². The molecule has 3 N–H and O–H groups in total. The van der Waals surface area contributed by atoms with Crippen molar-refractivity contribution < 1.29 is 24.2 Å². The van der Waals surface area contributed by atoms with Gasteiger partial charge >= 0.3 is 12.1 Å². The van der Waals surface area contributed by atoms with Crippen molar-refractivity contribution in [3.8, 4) is 11.1 Å². The zero-order chi connectivity index (χ0) is 23.4. The van der Waals surface area contributed by atoms with Crippen LogP contribution in [0.25, 0.3) is 11.1 Å². The first kappa shape index (κ1) is 22.5. The highest BCUT2D eigenvalue weighted by Crippen LogP contribution is 2.44. The Hall–Kier alpha value is -3.72. The Morgan fingerprint density at radius 3 is 2.33 bits per heavy atom. The van der Waals surface area contributed by atoms with Crippen molar-refractivity contribution >= 4 is 29.3 Å². The number of carboxylic acid groups (broad SMARTS) is 1. The minimum absolute atomic E-state index is 0.0317. The second kappa shape index (κ2) is 9.83. The number of fused-ring (bicyclic) bond motifs is 3. The maximum atomic E-state index is 12.3. The van der Waals surface area contributed by atoms with Gasteiger partial charge in [-0.2, -0.15) is 0 Å². The molecule has 0 aliphatic heterocycles. The Morgan fingerprint density at radius 1 is 1.09 bits per heavy atom. The summed E-state index contributed by atoms with van der Waals surface area (Å²) >= 11 is 1.16. The number of benzene rings is 2. The predicted octanol–water partition coefficient (Wildman–Crippen LogP) is 3.77. The monoisotopic (exact) mass is 465 g/mol. The molecular formula is C24H23N3O5S. The number of carbonyl (C=O) groups is 3. The van der Waals surface area contributed by atoms with E-state index in [-0.39, 0.29) is 37.1 Å². The second-order valence-corrected chi connectivity index (χ2v) is 8.73. The molecule has 33 heavy (non-hydrogen) atoms. The van der Waals surface area contributed by atoms with Crippen LogP contribution in [0.4, 0.5) is 4.79 Å². The molecule has 9 heteroatoms. The number of aromatic carboxylic acids is 1. The summed E-state index contributed by atoms with van der Waals surface area (Å²) in [7, 11) is 0. The second-order valence-electron chi connectivity index (χ2n) is 7.78. The van der Waals surface area contributed by atoms with Crippen molar-refractivity contribution in [2.24, 2.45) is 0 Å². The number of hydrogen-bond acceptors (Lipinski definition) is 6. The third-order valence-electron chi connectivity index (χ3n) is 5.41. The van der Waals surface area contributed by atoms with Crippen molar-refractivity contribution in [1.82, 2.24) is 15.6 Å². The van der Waals surface area contributed by atoms with Crippen LogP contribution in [0.15, 0.2) is 53.9 Å². The summed E-state index contributed by atoms with van der Waals surface area (Å²) in [5.41, 5.74) is 4.53. The topological polar surface area (TPSA) is 118 Å². The van der Waals surface area contributed by atoms with Gasteiger partial charge in [0.05, 0.1) is 6.54 Å². The van der Waals surface area contributed by atoms with Crippen molar-refractivity contribution in [3.05, 3.63) is 75.7 Å². The van der Waals surface area contributed by atoms with E-state index in [1.807, 2.05) is 24.3 Å². The van der Waals surface area contributed by atoms with Crippen molar-refractivity contribution in [3.63, 3.8) is 0 Å². The van der Waals surface area contributed by atoms with Crippen LogP contribution in [0.5, 0.6) is 0 Å². The SMILES string of the molecule is CC(CC(=O)NCc1nc(C(=O)O)cs1)NC(=O)OCC1c2ccccc2-c2ccccc21. The number of ether oxygens (including phenoxy) is 1. The summed E-state index contributed by atoms with van der Waals surface area (Å²) in [6.45, 7) is 2.05. The molecule has 0 spiro atoms. The first-order valence-corrected chi connectivity index (χ1v) is 11.4. The highest BCUT2D eigenvalue weighted by molar-refractivity contribution is 7.09. The van der Waals surface area contributed by atoms with E-state index >= 15 is 0 Å². The zero-order valence-electron chi connectivity index (χ0n) is 17.9. The van der Waals surface area contributed by atoms with E-state index in [2.05, 4.69) is 39.9 Å². The third-order valence-corrected chi connectivity index (χ3v) is 6.26. The number of carbonyl (C=O) groups excluding carboxylic acids is 2. The van der Waals surface area contributed by atoms with E-state index in [4.69, 9.17) is 9.84 Å². The lowest BCUT2D eigenvalue weighted by Crippen LogP contribution is -2.37. The minimum Gasteiger partial charge on any atom is -0.476 e. The summed E-state index contributed by atoms with van der Waals surface area (Å²) in [6.07, 6.45) is -0.523. The minimum atomic E-state index is -1.11. The van der Waals surface area contributed by atoms with Crippen LogP contribution >= 0.6 is 11.3 Å². The van der Waals surface area contributed by atoms with Crippen LogP contribution in [0.1, 0.15) is 45.9 Å². The molecular weight excluding hydrogens is 442 g/mol. The molecule has 8 nitrogen and oxygen atoms in total. The quantitative estimate of drug-likeness (QED) is 0.466. The number of nitrogens with one attached hydrogen (secondary N) is 2. The highest BCUT2D eigenvalue weighted by Gasteiger charge is 2.29. The standard InChI is InChI=1S/C24H23N3O5S/c1-14(10-21(28)25-11-22-27-20(13-33-22)23(29)30)26-24(31)32-12-19-17-8-4-2-6-15(17)16-7-3-5-9-18(16)19/h2-9,13-14,19H,10-12H2,1H3,(H,25,28)(H,26,31)(H,29,30). The zero-order valence-corrected chi connectivity index (χ0v) is 18.7. The molecule has 2 amide bonds. The maximum absolute atomic E-state index is 12.3. The van der Waals surface area contributed by atoms with Crippen LogP contribution in [-0.4, -0.2) is 40.7 Å². The van der Waals surface area contributed by atoms with Gasteiger partial charge in [0.1, 0.15) is 11.6 Å². The number of nitrogens with zero attached hydrogens (tertiary/aromatic N) is 1. The lowest BCUT2D eigenvalue weighted by atomic mass is 9.98. The fourth-order valence-electron chi connectivity index (χ4n) is 3.91. The normalized spacial score (nSPS) is 13.0. The summed E-state index contributed by atoms with van der Waals surface area (Å²) < 4.78 is 5.50.